The van der Waals surface area contributed by atoms with Crippen molar-refractivity contribution in [2.24, 2.45) is 0 Å². The number of hydrogen-bond acceptors (Lipinski definition) is 5. The number of hydrogen-bond donors (Lipinski definition) is 1. The zero-order valence-corrected chi connectivity index (χ0v) is 15.5. The number of ether oxygens (including phenoxy) is 1. The van der Waals surface area contributed by atoms with E-state index in [0.29, 0.717) is 13.0 Å². The summed E-state index contributed by atoms with van der Waals surface area (Å²) >= 11 is 0. The van der Waals surface area contributed by atoms with Crippen LogP contribution in [0, 0.1) is 0 Å². The van der Waals surface area contributed by atoms with Crippen LogP contribution in [0.2, 0.25) is 0 Å². The van der Waals surface area contributed by atoms with E-state index in [1.54, 1.807) is 6.20 Å². The molecular formula is C21H27N3O2. The summed E-state index contributed by atoms with van der Waals surface area (Å²) in [5, 5.41) is 10.1. The van der Waals surface area contributed by atoms with E-state index >= 15 is 0 Å². The molecule has 2 heterocycles. The van der Waals surface area contributed by atoms with Gasteiger partial charge in [-0.25, -0.2) is 0 Å². The summed E-state index contributed by atoms with van der Waals surface area (Å²) in [6.07, 6.45) is 6.76. The maximum absolute atomic E-state index is 10.1. The highest BCUT2D eigenvalue weighted by atomic mass is 16.5. The van der Waals surface area contributed by atoms with Crippen molar-refractivity contribution < 1.29 is 9.84 Å². The lowest BCUT2D eigenvalue weighted by Gasteiger charge is -2.30. The van der Waals surface area contributed by atoms with Crippen molar-refractivity contribution in [3.8, 4) is 5.75 Å². The largest absolute Gasteiger partial charge is 0.491 e. The van der Waals surface area contributed by atoms with E-state index < -0.39 is 6.10 Å². The van der Waals surface area contributed by atoms with Gasteiger partial charge in [-0.3, -0.25) is 9.88 Å². The standard InChI is InChI=1S/C21H27N3O2/c1-23-13-19(14-24(2)16-23)18-6-9-21(10-7-18)26-15-20(25)8-5-17-4-3-11-22-12-17/h3-4,6-7,9-13,20,25H,5,8,14-16H2,1-2H3/t20-/m1/s1. The minimum atomic E-state index is -0.488. The van der Waals surface area contributed by atoms with Crippen LogP contribution < -0.4 is 4.74 Å². The van der Waals surface area contributed by atoms with Crippen molar-refractivity contribution in [3.63, 3.8) is 0 Å². The Morgan fingerprint density at radius 3 is 2.69 bits per heavy atom. The molecule has 1 N–H and O–H groups in total. The van der Waals surface area contributed by atoms with Gasteiger partial charge in [0, 0.05) is 32.2 Å². The smallest absolute Gasteiger partial charge is 0.119 e. The number of aryl methyl sites for hydroxylation is 1. The summed E-state index contributed by atoms with van der Waals surface area (Å²) in [7, 11) is 4.20. The molecule has 0 amide bonds. The van der Waals surface area contributed by atoms with Crippen LogP contribution in [0.25, 0.3) is 5.57 Å². The van der Waals surface area contributed by atoms with Gasteiger partial charge in [-0.05, 0) is 54.8 Å². The molecule has 0 fully saturated rings. The number of aliphatic hydroxyl groups excluding tert-OH is 1. The highest BCUT2D eigenvalue weighted by Gasteiger charge is 2.13. The quantitative estimate of drug-likeness (QED) is 0.829. The summed E-state index contributed by atoms with van der Waals surface area (Å²) in [6, 6.07) is 12.0. The molecule has 2 aromatic rings. The average Bonchev–Trinajstić information content (AvgIpc) is 2.65. The van der Waals surface area contributed by atoms with Crippen molar-refractivity contribution in [3.05, 3.63) is 66.1 Å². The molecule has 1 aromatic carbocycles. The number of nitrogens with zero attached hydrogens (tertiary/aromatic N) is 3. The highest BCUT2D eigenvalue weighted by molar-refractivity contribution is 5.67. The highest BCUT2D eigenvalue weighted by Crippen LogP contribution is 2.22. The van der Waals surface area contributed by atoms with Crippen molar-refractivity contribution in [1.29, 1.82) is 0 Å². The molecule has 0 bridgehead atoms. The molecule has 0 aliphatic carbocycles. The number of rotatable bonds is 7. The van der Waals surface area contributed by atoms with Crippen LogP contribution in [0.15, 0.2) is 55.0 Å². The fourth-order valence-corrected chi connectivity index (χ4v) is 3.16. The van der Waals surface area contributed by atoms with Crippen LogP contribution in [0.5, 0.6) is 5.75 Å². The van der Waals surface area contributed by atoms with Crippen molar-refractivity contribution >= 4 is 5.57 Å². The lowest BCUT2D eigenvalue weighted by molar-refractivity contribution is 0.100. The normalized spacial score (nSPS) is 16.3. The number of benzene rings is 1. The van der Waals surface area contributed by atoms with Gasteiger partial charge in [0.2, 0.25) is 0 Å². The van der Waals surface area contributed by atoms with Gasteiger partial charge in [-0.15, -0.1) is 0 Å². The van der Waals surface area contributed by atoms with Crippen molar-refractivity contribution in [1.82, 2.24) is 14.8 Å². The van der Waals surface area contributed by atoms with Gasteiger partial charge in [0.05, 0.1) is 12.8 Å². The first-order chi connectivity index (χ1) is 12.6. The average molecular weight is 353 g/mol. The molecule has 1 aromatic heterocycles. The predicted octanol–water partition coefficient (Wildman–Crippen LogP) is 2.63. The molecule has 3 rings (SSSR count). The maximum Gasteiger partial charge on any atom is 0.119 e. The van der Waals surface area contributed by atoms with E-state index in [1.165, 1.54) is 11.1 Å². The van der Waals surface area contributed by atoms with Gasteiger partial charge in [-0.1, -0.05) is 18.2 Å². The lowest BCUT2D eigenvalue weighted by atomic mass is 10.1. The molecule has 5 nitrogen and oxygen atoms in total. The molecular weight excluding hydrogens is 326 g/mol. The van der Waals surface area contributed by atoms with E-state index in [9.17, 15) is 5.11 Å². The minimum absolute atomic E-state index is 0.299. The monoisotopic (exact) mass is 353 g/mol. The Bertz CT molecular complexity index is 716. The van der Waals surface area contributed by atoms with E-state index in [1.807, 2.05) is 30.5 Å². The molecule has 1 aliphatic rings. The van der Waals surface area contributed by atoms with Crippen LogP contribution in [-0.4, -0.2) is 59.9 Å². The second-order valence-corrected chi connectivity index (χ2v) is 6.96. The third kappa shape index (κ3) is 5.31. The van der Waals surface area contributed by atoms with Crippen molar-refractivity contribution in [2.75, 3.05) is 33.9 Å². The molecule has 5 heteroatoms. The fourth-order valence-electron chi connectivity index (χ4n) is 3.16. The Kier molecular flexibility index (Phi) is 6.26. The van der Waals surface area contributed by atoms with Crippen LogP contribution >= 0.6 is 0 Å². The Balaban J connectivity index is 1.48. The zero-order valence-electron chi connectivity index (χ0n) is 15.5. The summed E-state index contributed by atoms with van der Waals surface area (Å²) in [6.45, 7) is 2.19. The minimum Gasteiger partial charge on any atom is -0.491 e. The first kappa shape index (κ1) is 18.4. The molecule has 0 radical (unpaired) electrons. The summed E-state index contributed by atoms with van der Waals surface area (Å²) in [5.74, 6) is 0.785. The molecule has 1 atom stereocenters. The number of aromatic nitrogens is 1. The number of aliphatic hydroxyl groups is 1. The van der Waals surface area contributed by atoms with Crippen LogP contribution in [0.4, 0.5) is 0 Å². The molecule has 1 aliphatic heterocycles. The summed E-state index contributed by atoms with van der Waals surface area (Å²) in [5.41, 5.74) is 3.63. The van der Waals surface area contributed by atoms with Gasteiger partial charge >= 0.3 is 0 Å². The Morgan fingerprint density at radius 1 is 1.19 bits per heavy atom. The maximum atomic E-state index is 10.1. The molecule has 0 saturated heterocycles. The van der Waals surface area contributed by atoms with E-state index in [4.69, 9.17) is 4.74 Å². The van der Waals surface area contributed by atoms with Crippen LogP contribution in [0.3, 0.4) is 0 Å². The third-order valence-corrected chi connectivity index (χ3v) is 4.44. The third-order valence-electron chi connectivity index (χ3n) is 4.44. The second-order valence-electron chi connectivity index (χ2n) is 6.96. The molecule has 0 spiro atoms. The fraction of sp³-hybridized carbons (Fsp3) is 0.381. The van der Waals surface area contributed by atoms with Gasteiger partial charge in [-0.2, -0.15) is 0 Å². The molecule has 138 valence electrons. The second kappa shape index (κ2) is 8.83. The van der Waals surface area contributed by atoms with Crippen LogP contribution in [0.1, 0.15) is 17.5 Å². The van der Waals surface area contributed by atoms with Crippen LogP contribution in [-0.2, 0) is 6.42 Å². The lowest BCUT2D eigenvalue weighted by Crippen LogP contribution is -2.35. The summed E-state index contributed by atoms with van der Waals surface area (Å²) in [4.78, 5) is 8.55. The van der Waals surface area contributed by atoms with E-state index in [-0.39, 0.29) is 0 Å². The topological polar surface area (TPSA) is 48.8 Å². The van der Waals surface area contributed by atoms with Gasteiger partial charge < -0.3 is 14.7 Å². The van der Waals surface area contributed by atoms with E-state index in [0.717, 1.165) is 30.9 Å². The van der Waals surface area contributed by atoms with Gasteiger partial charge in [0.15, 0.2) is 0 Å². The molecule has 0 saturated carbocycles. The Labute approximate surface area is 155 Å². The van der Waals surface area contributed by atoms with Crippen molar-refractivity contribution in [2.45, 2.75) is 18.9 Å². The number of likely N-dealkylation sites (N-methyl/N-ethyl adjacent to an activating group) is 1. The Morgan fingerprint density at radius 2 is 2.00 bits per heavy atom. The zero-order chi connectivity index (χ0) is 18.4. The molecule has 0 unspecified atom stereocenters. The first-order valence-electron chi connectivity index (χ1n) is 9.00. The summed E-state index contributed by atoms with van der Waals surface area (Å²) < 4.78 is 5.73. The number of pyridine rings is 1. The van der Waals surface area contributed by atoms with Gasteiger partial charge in [0.1, 0.15) is 12.4 Å². The van der Waals surface area contributed by atoms with Gasteiger partial charge in [0.25, 0.3) is 0 Å². The SMILES string of the molecule is CN1C=C(c2ccc(OC[C@H](O)CCc3cccnc3)cc2)CN(C)C1. The van der Waals surface area contributed by atoms with E-state index in [2.05, 4.69) is 47.2 Å². The Hall–Kier alpha value is -2.37. The predicted molar refractivity (Wildman–Crippen MR) is 104 cm³/mol. The first-order valence-corrected chi connectivity index (χ1v) is 9.00. The molecule has 26 heavy (non-hydrogen) atoms.